The Morgan fingerprint density at radius 3 is 1.80 bits per heavy atom. The van der Waals surface area contributed by atoms with Crippen LogP contribution in [0.15, 0.2) is 84.9 Å². The molecule has 0 fully saturated rings. The van der Waals surface area contributed by atoms with E-state index in [-0.39, 0.29) is 35.1 Å². The average molecular weight is 607 g/mol. The fourth-order valence-corrected chi connectivity index (χ4v) is 4.07. The van der Waals surface area contributed by atoms with Gasteiger partial charge < -0.3 is 34.3 Å². The van der Waals surface area contributed by atoms with Crippen LogP contribution in [0.1, 0.15) is 34.5 Å². The number of amides is 2. The fraction of sp³-hybridized carbons (Fsp3) is 0.156. The van der Waals surface area contributed by atoms with Gasteiger partial charge in [-0.1, -0.05) is 24.3 Å². The fourth-order valence-electron chi connectivity index (χ4n) is 4.07. The van der Waals surface area contributed by atoms with Crippen molar-refractivity contribution in [2.45, 2.75) is 13.0 Å². The second-order valence-electron chi connectivity index (χ2n) is 9.03. The lowest BCUT2D eigenvalue weighted by Gasteiger charge is -2.22. The van der Waals surface area contributed by atoms with Gasteiger partial charge in [0.05, 0.1) is 20.8 Å². The zero-order chi connectivity index (χ0) is 31.6. The van der Waals surface area contributed by atoms with Crippen molar-refractivity contribution in [2.75, 3.05) is 31.5 Å². The third-order valence-electron chi connectivity index (χ3n) is 6.11. The normalized spacial score (nSPS) is 10.5. The highest BCUT2D eigenvalue weighted by atomic mass is 19.1. The second kappa shape index (κ2) is 14.5. The number of nitrogens with one attached hydrogen (secondary N) is 2. The number of anilines is 2. The topological polar surface area (TPSA) is 121 Å². The van der Waals surface area contributed by atoms with E-state index in [2.05, 4.69) is 10.6 Å². The highest BCUT2D eigenvalue weighted by molar-refractivity contribution is 6.01. The third kappa shape index (κ3) is 8.00. The lowest BCUT2D eigenvalue weighted by Crippen LogP contribution is -2.20. The van der Waals surface area contributed by atoms with E-state index in [1.807, 2.05) is 0 Å². The first-order chi connectivity index (χ1) is 21.2. The minimum absolute atomic E-state index is 0.0124. The Morgan fingerprint density at radius 1 is 0.727 bits per heavy atom. The molecule has 4 aromatic carbocycles. The van der Waals surface area contributed by atoms with Gasteiger partial charge in [0.25, 0.3) is 0 Å². The van der Waals surface area contributed by atoms with Crippen LogP contribution in [0.25, 0.3) is 0 Å². The van der Waals surface area contributed by atoms with E-state index in [4.69, 9.17) is 23.7 Å². The smallest absolute Gasteiger partial charge is 0.493 e. The number of hydrogen-bond acceptors (Lipinski definition) is 8. The van der Waals surface area contributed by atoms with Crippen LogP contribution in [0.2, 0.25) is 0 Å². The quantitative estimate of drug-likeness (QED) is 0.145. The average Bonchev–Trinajstić information content (AvgIpc) is 3.01. The Labute approximate surface area is 251 Å². The molecule has 0 saturated heterocycles. The lowest BCUT2D eigenvalue weighted by atomic mass is 10.0. The molecule has 0 aliphatic carbocycles. The van der Waals surface area contributed by atoms with Crippen LogP contribution in [0, 0.1) is 11.6 Å². The highest BCUT2D eigenvalue weighted by Gasteiger charge is 2.22. The predicted molar refractivity (Wildman–Crippen MR) is 156 cm³/mol. The first kappa shape index (κ1) is 31.3. The summed E-state index contributed by atoms with van der Waals surface area (Å²) < 4.78 is 53.5. The molecule has 0 spiro atoms. The summed E-state index contributed by atoms with van der Waals surface area (Å²) in [5.41, 5.74) is 1.62. The molecule has 0 heterocycles. The van der Waals surface area contributed by atoms with Gasteiger partial charge in [0.2, 0.25) is 0 Å². The van der Waals surface area contributed by atoms with Crippen LogP contribution in [-0.4, -0.2) is 39.0 Å². The summed E-state index contributed by atoms with van der Waals surface area (Å²) in [4.78, 5) is 37.2. The van der Waals surface area contributed by atoms with Crippen molar-refractivity contribution in [3.8, 4) is 17.2 Å². The molecule has 0 bridgehead atoms. The molecule has 10 nitrogen and oxygen atoms in total. The first-order valence-electron chi connectivity index (χ1n) is 13.2. The summed E-state index contributed by atoms with van der Waals surface area (Å²) in [6.07, 6.45) is -1.74. The van der Waals surface area contributed by atoms with Gasteiger partial charge in [-0.25, -0.2) is 23.2 Å². The van der Waals surface area contributed by atoms with E-state index in [1.54, 1.807) is 6.92 Å². The molecular weight excluding hydrogens is 578 g/mol. The number of halogens is 2. The highest BCUT2D eigenvalue weighted by Crippen LogP contribution is 2.33. The molecule has 44 heavy (non-hydrogen) atoms. The Bertz CT molecular complexity index is 1580. The Morgan fingerprint density at radius 2 is 1.27 bits per heavy atom. The Hall–Kier alpha value is -5.65. The SMILES string of the molecule is CCOC(=O)Oc1ccc(NC(=O)Nc2ccc(OC(c3ccc(F)cc3)c3ccc(F)cc3)c(C(=O)OC)c2)cc1OC. The maximum absolute atomic E-state index is 13.6. The Balaban J connectivity index is 1.55. The maximum atomic E-state index is 13.6. The summed E-state index contributed by atoms with van der Waals surface area (Å²) in [5, 5.41) is 5.25. The van der Waals surface area contributed by atoms with Gasteiger partial charge in [-0.3, -0.25) is 0 Å². The molecule has 0 saturated carbocycles. The number of esters is 1. The monoisotopic (exact) mass is 606 g/mol. The molecule has 4 rings (SSSR count). The van der Waals surface area contributed by atoms with Crippen molar-refractivity contribution in [2.24, 2.45) is 0 Å². The van der Waals surface area contributed by atoms with E-state index < -0.39 is 35.9 Å². The van der Waals surface area contributed by atoms with E-state index >= 15 is 0 Å². The van der Waals surface area contributed by atoms with Crippen LogP contribution < -0.4 is 24.8 Å². The molecule has 0 unspecified atom stereocenters. The summed E-state index contributed by atoms with van der Waals surface area (Å²) in [7, 11) is 2.56. The number of carbonyl (C=O) groups excluding carboxylic acids is 3. The minimum Gasteiger partial charge on any atom is -0.493 e. The van der Waals surface area contributed by atoms with Crippen LogP contribution >= 0.6 is 0 Å². The molecule has 0 aliphatic heterocycles. The number of benzene rings is 4. The number of methoxy groups -OCH3 is 2. The van der Waals surface area contributed by atoms with E-state index in [0.717, 1.165) is 0 Å². The molecule has 228 valence electrons. The Kier molecular flexibility index (Phi) is 10.3. The second-order valence-corrected chi connectivity index (χ2v) is 9.03. The first-order valence-corrected chi connectivity index (χ1v) is 13.2. The number of urea groups is 1. The zero-order valence-electron chi connectivity index (χ0n) is 23.9. The van der Waals surface area contributed by atoms with Gasteiger partial charge >= 0.3 is 18.2 Å². The van der Waals surface area contributed by atoms with Crippen LogP contribution in [0.5, 0.6) is 17.2 Å². The molecule has 0 aromatic heterocycles. The summed E-state index contributed by atoms with van der Waals surface area (Å²) >= 11 is 0. The van der Waals surface area contributed by atoms with Crippen molar-refractivity contribution >= 4 is 29.5 Å². The van der Waals surface area contributed by atoms with Gasteiger partial charge in [0.15, 0.2) is 11.5 Å². The molecule has 2 amide bonds. The largest absolute Gasteiger partial charge is 0.513 e. The summed E-state index contributed by atoms with van der Waals surface area (Å²) in [6.45, 7) is 1.77. The van der Waals surface area contributed by atoms with Crippen LogP contribution in [-0.2, 0) is 9.47 Å². The van der Waals surface area contributed by atoms with Crippen LogP contribution in [0.4, 0.5) is 29.7 Å². The van der Waals surface area contributed by atoms with E-state index in [9.17, 15) is 23.2 Å². The number of carbonyl (C=O) groups is 3. The van der Waals surface area contributed by atoms with Gasteiger partial charge in [-0.15, -0.1) is 0 Å². The summed E-state index contributed by atoms with van der Waals surface area (Å²) in [6, 6.07) is 19.1. The molecule has 12 heteroatoms. The lowest BCUT2D eigenvalue weighted by molar-refractivity contribution is 0.0594. The summed E-state index contributed by atoms with van der Waals surface area (Å²) in [5.74, 6) is -1.28. The number of hydrogen-bond donors (Lipinski definition) is 2. The van der Waals surface area contributed by atoms with Crippen molar-refractivity contribution in [1.82, 2.24) is 0 Å². The number of ether oxygens (including phenoxy) is 5. The van der Waals surface area contributed by atoms with Crippen molar-refractivity contribution in [3.05, 3.63) is 113 Å². The van der Waals surface area contributed by atoms with Gasteiger partial charge in [0, 0.05) is 17.4 Å². The molecule has 2 N–H and O–H groups in total. The van der Waals surface area contributed by atoms with Crippen LogP contribution in [0.3, 0.4) is 0 Å². The van der Waals surface area contributed by atoms with Gasteiger partial charge in [0.1, 0.15) is 29.1 Å². The maximum Gasteiger partial charge on any atom is 0.513 e. The molecule has 4 aromatic rings. The van der Waals surface area contributed by atoms with Crippen molar-refractivity contribution < 1.29 is 46.8 Å². The predicted octanol–water partition coefficient (Wildman–Crippen LogP) is 7.11. The standard InChI is InChI=1S/C32H28F2N2O8/c1-4-42-32(39)44-27-16-14-24(18-28(27)40-2)36-31(38)35-23-13-15-26(25(17-23)30(37)41-3)43-29(19-5-9-21(33)10-6-19)20-7-11-22(34)12-8-20/h5-18,29H,4H2,1-3H3,(H2,35,36,38). The zero-order valence-corrected chi connectivity index (χ0v) is 23.9. The molecule has 0 atom stereocenters. The van der Waals surface area contributed by atoms with Crippen molar-refractivity contribution in [1.29, 1.82) is 0 Å². The van der Waals surface area contributed by atoms with E-state index in [1.165, 1.54) is 99.1 Å². The molecule has 0 aliphatic rings. The van der Waals surface area contributed by atoms with Crippen molar-refractivity contribution in [3.63, 3.8) is 0 Å². The number of rotatable bonds is 10. The molecular formula is C32H28F2N2O8. The third-order valence-corrected chi connectivity index (χ3v) is 6.11. The van der Waals surface area contributed by atoms with E-state index in [0.29, 0.717) is 16.8 Å². The molecule has 0 radical (unpaired) electrons. The minimum atomic E-state index is -0.903. The van der Waals surface area contributed by atoms with Gasteiger partial charge in [-0.2, -0.15) is 0 Å². The van der Waals surface area contributed by atoms with Gasteiger partial charge in [-0.05, 0) is 72.6 Å².